The number of hydrogen-bond acceptors (Lipinski definition) is 6. The zero-order chi connectivity index (χ0) is 10.0. The van der Waals surface area contributed by atoms with Crippen molar-refractivity contribution in [3.05, 3.63) is 4.91 Å². The molecule has 1 aliphatic heterocycles. The van der Waals surface area contributed by atoms with Gasteiger partial charge in [0.25, 0.3) is 0 Å². The van der Waals surface area contributed by atoms with Crippen LogP contribution in [0.2, 0.25) is 0 Å². The third-order valence-electron chi connectivity index (χ3n) is 2.34. The van der Waals surface area contributed by atoms with Gasteiger partial charge < -0.3 is 20.1 Å². The van der Waals surface area contributed by atoms with Crippen molar-refractivity contribution >= 4 is 0 Å². The zero-order valence-corrected chi connectivity index (χ0v) is 7.20. The van der Waals surface area contributed by atoms with Crippen LogP contribution in [0.25, 0.3) is 0 Å². The maximum absolute atomic E-state index is 10.3. The molecule has 6 nitrogen and oxygen atoms in total. The van der Waals surface area contributed by atoms with E-state index in [4.69, 9.17) is 9.84 Å². The van der Waals surface area contributed by atoms with Gasteiger partial charge in [0.15, 0.2) is 6.29 Å². The van der Waals surface area contributed by atoms with Gasteiger partial charge in [0.05, 0.1) is 12.7 Å². The molecule has 0 bridgehead atoms. The van der Waals surface area contributed by atoms with E-state index in [1.54, 1.807) is 6.92 Å². The van der Waals surface area contributed by atoms with Crippen LogP contribution < -0.4 is 0 Å². The van der Waals surface area contributed by atoms with Crippen LogP contribution in [0.3, 0.4) is 0 Å². The second-order valence-corrected chi connectivity index (χ2v) is 3.19. The summed E-state index contributed by atoms with van der Waals surface area (Å²) in [5.41, 5.74) is 0. The third-order valence-corrected chi connectivity index (χ3v) is 2.34. The lowest BCUT2D eigenvalue weighted by atomic mass is 9.91. The predicted octanol–water partition coefficient (Wildman–Crippen LogP) is -1.17. The molecule has 1 rings (SSSR count). The monoisotopic (exact) mass is 191 g/mol. The van der Waals surface area contributed by atoms with Crippen LogP contribution in [0, 0.1) is 10.8 Å². The molecule has 0 spiro atoms. The van der Waals surface area contributed by atoms with Crippen molar-refractivity contribution in [3.8, 4) is 0 Å². The minimum atomic E-state index is -1.16. The SMILES string of the molecule is CC1C(O)OC(CO)C(N=O)C1O. The van der Waals surface area contributed by atoms with E-state index in [0.717, 1.165) is 0 Å². The van der Waals surface area contributed by atoms with Crippen LogP contribution in [0.15, 0.2) is 5.18 Å². The summed E-state index contributed by atoms with van der Waals surface area (Å²) >= 11 is 0. The average Bonchev–Trinajstić information content (AvgIpc) is 2.13. The molecule has 3 N–H and O–H groups in total. The molecule has 0 aliphatic carbocycles. The highest BCUT2D eigenvalue weighted by Crippen LogP contribution is 2.26. The van der Waals surface area contributed by atoms with Gasteiger partial charge in [-0.1, -0.05) is 12.1 Å². The number of aliphatic hydroxyl groups excluding tert-OH is 3. The van der Waals surface area contributed by atoms with Crippen molar-refractivity contribution in [3.63, 3.8) is 0 Å². The molecule has 0 aromatic carbocycles. The summed E-state index contributed by atoms with van der Waals surface area (Å²) in [6.07, 6.45) is -3.15. The van der Waals surface area contributed by atoms with Crippen molar-refractivity contribution in [2.45, 2.75) is 31.5 Å². The van der Waals surface area contributed by atoms with Crippen LogP contribution in [-0.4, -0.2) is 46.5 Å². The zero-order valence-electron chi connectivity index (χ0n) is 7.20. The first-order chi connectivity index (χ1) is 6.11. The van der Waals surface area contributed by atoms with E-state index in [-0.39, 0.29) is 0 Å². The van der Waals surface area contributed by atoms with Gasteiger partial charge in [-0.2, -0.15) is 4.91 Å². The topological polar surface area (TPSA) is 99.4 Å². The normalized spacial score (nSPS) is 46.0. The first kappa shape index (κ1) is 10.5. The van der Waals surface area contributed by atoms with Crippen LogP contribution in [0.5, 0.6) is 0 Å². The largest absolute Gasteiger partial charge is 0.394 e. The predicted molar refractivity (Wildman–Crippen MR) is 42.7 cm³/mol. The standard InChI is InChI=1S/C7H13NO5/c1-3-6(10)5(8-12)4(2-9)13-7(3)11/h3-7,9-11H,2H2,1H3. The number of rotatable bonds is 2. The van der Waals surface area contributed by atoms with E-state index in [0.29, 0.717) is 0 Å². The smallest absolute Gasteiger partial charge is 0.160 e. The van der Waals surface area contributed by atoms with Crippen LogP contribution in [-0.2, 0) is 4.74 Å². The lowest BCUT2D eigenvalue weighted by molar-refractivity contribution is -0.233. The highest BCUT2D eigenvalue weighted by Gasteiger charge is 2.43. The Kier molecular flexibility index (Phi) is 3.32. The van der Waals surface area contributed by atoms with Crippen LogP contribution >= 0.6 is 0 Å². The fourth-order valence-corrected chi connectivity index (χ4v) is 1.36. The molecule has 0 radical (unpaired) electrons. The van der Waals surface area contributed by atoms with E-state index < -0.39 is 37.1 Å². The Bertz CT molecular complexity index is 186. The lowest BCUT2D eigenvalue weighted by Gasteiger charge is -2.37. The van der Waals surface area contributed by atoms with Gasteiger partial charge >= 0.3 is 0 Å². The number of ether oxygens (including phenoxy) is 1. The molecule has 0 aromatic heterocycles. The molecule has 13 heavy (non-hydrogen) atoms. The highest BCUT2D eigenvalue weighted by atomic mass is 16.6. The summed E-state index contributed by atoms with van der Waals surface area (Å²) in [5.74, 6) is -0.578. The number of hydrogen-bond donors (Lipinski definition) is 3. The molecule has 1 heterocycles. The Balaban J connectivity index is 2.74. The van der Waals surface area contributed by atoms with E-state index >= 15 is 0 Å². The van der Waals surface area contributed by atoms with Crippen LogP contribution in [0.4, 0.5) is 0 Å². The second-order valence-electron chi connectivity index (χ2n) is 3.19. The maximum Gasteiger partial charge on any atom is 0.160 e. The van der Waals surface area contributed by atoms with Gasteiger partial charge in [0.2, 0.25) is 0 Å². The Labute approximate surface area is 75.1 Å². The summed E-state index contributed by atoms with van der Waals surface area (Å²) in [5, 5.41) is 30.1. The molecular formula is C7H13NO5. The Morgan fingerprint density at radius 3 is 2.54 bits per heavy atom. The van der Waals surface area contributed by atoms with Gasteiger partial charge in [0, 0.05) is 5.92 Å². The van der Waals surface area contributed by atoms with Crippen LogP contribution in [0.1, 0.15) is 6.92 Å². The third kappa shape index (κ3) is 1.86. The molecule has 76 valence electrons. The lowest BCUT2D eigenvalue weighted by Crippen LogP contribution is -2.53. The Morgan fingerprint density at radius 2 is 2.08 bits per heavy atom. The molecule has 1 saturated heterocycles. The average molecular weight is 191 g/mol. The quantitative estimate of drug-likeness (QED) is 0.477. The summed E-state index contributed by atoms with van der Waals surface area (Å²) in [7, 11) is 0. The number of nitroso groups, excluding NO2 is 1. The van der Waals surface area contributed by atoms with E-state index in [1.165, 1.54) is 0 Å². The van der Waals surface area contributed by atoms with Crippen molar-refractivity contribution in [2.24, 2.45) is 11.1 Å². The van der Waals surface area contributed by atoms with Gasteiger partial charge in [-0.25, -0.2) is 0 Å². The molecule has 0 saturated carbocycles. The summed E-state index contributed by atoms with van der Waals surface area (Å²) in [6.45, 7) is 1.10. The summed E-state index contributed by atoms with van der Waals surface area (Å²) in [4.78, 5) is 10.3. The first-order valence-electron chi connectivity index (χ1n) is 4.06. The molecule has 1 aliphatic rings. The van der Waals surface area contributed by atoms with Crippen molar-refractivity contribution in [2.75, 3.05) is 6.61 Å². The fourth-order valence-electron chi connectivity index (χ4n) is 1.36. The highest BCUT2D eigenvalue weighted by molar-refractivity contribution is 4.91. The van der Waals surface area contributed by atoms with E-state index in [2.05, 4.69) is 5.18 Å². The van der Waals surface area contributed by atoms with E-state index in [9.17, 15) is 15.1 Å². The second kappa shape index (κ2) is 4.10. The first-order valence-corrected chi connectivity index (χ1v) is 4.06. The summed E-state index contributed by atoms with van der Waals surface area (Å²) in [6, 6.07) is -1.01. The number of aliphatic hydroxyl groups is 3. The van der Waals surface area contributed by atoms with Gasteiger partial charge in [-0.15, -0.1) is 0 Å². The molecule has 5 atom stereocenters. The molecule has 5 unspecified atom stereocenters. The Morgan fingerprint density at radius 1 is 1.46 bits per heavy atom. The molecule has 6 heteroatoms. The van der Waals surface area contributed by atoms with Crippen molar-refractivity contribution < 1.29 is 20.1 Å². The van der Waals surface area contributed by atoms with E-state index in [1.807, 2.05) is 0 Å². The maximum atomic E-state index is 10.3. The van der Waals surface area contributed by atoms with Crippen molar-refractivity contribution in [1.82, 2.24) is 0 Å². The minimum absolute atomic E-state index is 0.447. The molecular weight excluding hydrogens is 178 g/mol. The minimum Gasteiger partial charge on any atom is -0.394 e. The van der Waals surface area contributed by atoms with Gasteiger partial charge in [-0.3, -0.25) is 0 Å². The van der Waals surface area contributed by atoms with Crippen molar-refractivity contribution in [1.29, 1.82) is 0 Å². The molecule has 0 amide bonds. The van der Waals surface area contributed by atoms with Gasteiger partial charge in [0.1, 0.15) is 12.1 Å². The fraction of sp³-hybridized carbons (Fsp3) is 1.00. The molecule has 0 aromatic rings. The Hall–Kier alpha value is -0.560. The number of nitrogens with zero attached hydrogens (tertiary/aromatic N) is 1. The summed E-state index contributed by atoms with van der Waals surface area (Å²) < 4.78 is 4.87. The molecule has 1 fully saturated rings. The van der Waals surface area contributed by atoms with Gasteiger partial charge in [-0.05, 0) is 0 Å².